The molecule has 0 fully saturated rings. The van der Waals surface area contributed by atoms with Crippen LogP contribution in [0.25, 0.3) is 0 Å². The topological polar surface area (TPSA) is 127 Å². The fourth-order valence-electron chi connectivity index (χ4n) is 2.78. The first-order valence-electron chi connectivity index (χ1n) is 9.19. The van der Waals surface area contributed by atoms with Crippen molar-refractivity contribution in [3.8, 4) is 11.5 Å². The smallest absolute Gasteiger partial charge is 0.336 e. The van der Waals surface area contributed by atoms with Crippen molar-refractivity contribution in [2.75, 3.05) is 0 Å². The third kappa shape index (κ3) is 6.73. The number of benzene rings is 2. The molecule has 0 atom stereocenters. The molecule has 2 aromatic rings. The van der Waals surface area contributed by atoms with Gasteiger partial charge in [-0.1, -0.05) is 32.0 Å². The van der Waals surface area contributed by atoms with E-state index in [1.165, 1.54) is 19.9 Å². The first kappa shape index (κ1) is 24.4. The van der Waals surface area contributed by atoms with Gasteiger partial charge in [0.15, 0.2) is 11.5 Å². The molecule has 0 saturated heterocycles. The van der Waals surface area contributed by atoms with Gasteiger partial charge in [0.05, 0.1) is 11.1 Å². The van der Waals surface area contributed by atoms with E-state index in [1.54, 1.807) is 30.3 Å². The highest BCUT2D eigenvalue weighted by Crippen LogP contribution is 2.26. The molecule has 0 bridgehead atoms. The van der Waals surface area contributed by atoms with Crippen molar-refractivity contribution in [2.45, 2.75) is 40.5 Å². The molecule has 0 aliphatic heterocycles. The molecule has 2 rings (SSSR count). The number of hydrogen-bond acceptors (Lipinski definition) is 6. The van der Waals surface area contributed by atoms with E-state index < -0.39 is 23.9 Å². The number of carboxylic acid groups (broad SMARTS) is 2. The van der Waals surface area contributed by atoms with Crippen LogP contribution < -0.4 is 9.47 Å². The number of esters is 2. The van der Waals surface area contributed by atoms with E-state index in [2.05, 4.69) is 0 Å². The van der Waals surface area contributed by atoms with Gasteiger partial charge in [0.2, 0.25) is 0 Å². The van der Waals surface area contributed by atoms with Gasteiger partial charge in [-0.05, 0) is 42.2 Å². The minimum atomic E-state index is -1.20. The summed E-state index contributed by atoms with van der Waals surface area (Å²) < 4.78 is 9.66. The maximum Gasteiger partial charge on any atom is 0.336 e. The van der Waals surface area contributed by atoms with Crippen molar-refractivity contribution < 1.29 is 38.9 Å². The van der Waals surface area contributed by atoms with Crippen LogP contribution in [0.4, 0.5) is 0 Å². The Hall–Kier alpha value is -3.68. The molecular formula is C22H24O8. The summed E-state index contributed by atoms with van der Waals surface area (Å²) in [7, 11) is 0. The Morgan fingerprint density at radius 1 is 0.767 bits per heavy atom. The van der Waals surface area contributed by atoms with Gasteiger partial charge in [-0.3, -0.25) is 9.59 Å². The van der Waals surface area contributed by atoms with Crippen LogP contribution in [0.15, 0.2) is 36.4 Å². The van der Waals surface area contributed by atoms with Crippen molar-refractivity contribution in [1.29, 1.82) is 0 Å². The number of aryl methyl sites for hydroxylation is 1. The minimum Gasteiger partial charge on any atom is -0.478 e. The standard InChI is InChI=1S/C12H14O4.C10H10O4/c1-3-7-5-6-9(11(13)14)10(12(15)16)8(7)4-2;1-7(11)13-9-5-3-4-6-10(9)14-8(2)12/h5-6H,3-4H2,1-2H3,(H,13,14)(H,15,16);3-6H,1-2H3. The Labute approximate surface area is 174 Å². The summed E-state index contributed by atoms with van der Waals surface area (Å²) in [6.45, 7) is 6.31. The molecule has 0 spiro atoms. The quantitative estimate of drug-likeness (QED) is 0.538. The number of carbonyl (C=O) groups excluding carboxylic acids is 2. The lowest BCUT2D eigenvalue weighted by Crippen LogP contribution is -2.13. The maximum atomic E-state index is 11.1. The third-order valence-corrected chi connectivity index (χ3v) is 3.95. The Kier molecular flexibility index (Phi) is 9.22. The van der Waals surface area contributed by atoms with E-state index in [0.717, 1.165) is 5.56 Å². The predicted octanol–water partition coefficient (Wildman–Crippen LogP) is 3.75. The van der Waals surface area contributed by atoms with Gasteiger partial charge in [-0.25, -0.2) is 9.59 Å². The van der Waals surface area contributed by atoms with E-state index >= 15 is 0 Å². The van der Waals surface area contributed by atoms with Crippen molar-refractivity contribution in [3.63, 3.8) is 0 Å². The lowest BCUT2D eigenvalue weighted by molar-refractivity contribution is -0.134. The predicted molar refractivity (Wildman–Crippen MR) is 108 cm³/mol. The molecular weight excluding hydrogens is 392 g/mol. The summed E-state index contributed by atoms with van der Waals surface area (Å²) in [6, 6.07) is 9.54. The van der Waals surface area contributed by atoms with Crippen molar-refractivity contribution in [2.24, 2.45) is 0 Å². The Morgan fingerprint density at radius 3 is 1.60 bits per heavy atom. The number of aromatic carboxylic acids is 2. The molecule has 0 aliphatic rings. The van der Waals surface area contributed by atoms with Crippen molar-refractivity contribution in [1.82, 2.24) is 0 Å². The number of ether oxygens (including phenoxy) is 2. The minimum absolute atomic E-state index is 0.0747. The van der Waals surface area contributed by atoms with Gasteiger partial charge >= 0.3 is 23.9 Å². The molecule has 0 saturated carbocycles. The van der Waals surface area contributed by atoms with E-state index in [1.807, 2.05) is 13.8 Å². The zero-order valence-corrected chi connectivity index (χ0v) is 17.2. The molecule has 30 heavy (non-hydrogen) atoms. The Bertz CT molecular complexity index is 911. The van der Waals surface area contributed by atoms with Crippen LogP contribution in [0.2, 0.25) is 0 Å². The molecule has 8 heteroatoms. The summed E-state index contributed by atoms with van der Waals surface area (Å²) in [6.07, 6.45) is 1.22. The van der Waals surface area contributed by atoms with Crippen molar-refractivity contribution >= 4 is 23.9 Å². The van der Waals surface area contributed by atoms with Gasteiger partial charge in [0.25, 0.3) is 0 Å². The lowest BCUT2D eigenvalue weighted by Gasteiger charge is -2.12. The van der Waals surface area contributed by atoms with Gasteiger partial charge < -0.3 is 19.7 Å². The molecule has 2 aromatic carbocycles. The van der Waals surface area contributed by atoms with Crippen LogP contribution in [0.5, 0.6) is 11.5 Å². The first-order chi connectivity index (χ1) is 14.1. The summed E-state index contributed by atoms with van der Waals surface area (Å²) in [5.74, 6) is -2.79. The molecule has 160 valence electrons. The average molecular weight is 416 g/mol. The number of carbonyl (C=O) groups is 4. The van der Waals surface area contributed by atoms with E-state index in [-0.39, 0.29) is 22.6 Å². The third-order valence-electron chi connectivity index (χ3n) is 3.95. The highest BCUT2D eigenvalue weighted by atomic mass is 16.6. The SMILES string of the molecule is CC(=O)Oc1ccccc1OC(C)=O.CCc1ccc(C(=O)O)c(C(=O)O)c1CC. The fraction of sp³-hybridized carbons (Fsp3) is 0.273. The molecule has 0 radical (unpaired) electrons. The molecule has 0 unspecified atom stereocenters. The van der Waals surface area contributed by atoms with Gasteiger partial charge in [-0.15, -0.1) is 0 Å². The summed E-state index contributed by atoms with van der Waals surface area (Å²) in [4.78, 5) is 43.4. The Balaban J connectivity index is 0.000000303. The summed E-state index contributed by atoms with van der Waals surface area (Å²) >= 11 is 0. The first-order valence-corrected chi connectivity index (χ1v) is 9.19. The van der Waals surface area contributed by atoms with E-state index in [4.69, 9.17) is 19.7 Å². The highest BCUT2D eigenvalue weighted by Gasteiger charge is 2.21. The van der Waals surface area contributed by atoms with Gasteiger partial charge in [0, 0.05) is 13.8 Å². The van der Waals surface area contributed by atoms with Gasteiger partial charge in [0.1, 0.15) is 0 Å². The zero-order chi connectivity index (χ0) is 22.8. The lowest BCUT2D eigenvalue weighted by atomic mass is 9.93. The zero-order valence-electron chi connectivity index (χ0n) is 17.2. The highest BCUT2D eigenvalue weighted by molar-refractivity contribution is 6.03. The maximum absolute atomic E-state index is 11.1. The Morgan fingerprint density at radius 2 is 1.27 bits per heavy atom. The van der Waals surface area contributed by atoms with E-state index in [9.17, 15) is 19.2 Å². The van der Waals surface area contributed by atoms with Crippen LogP contribution >= 0.6 is 0 Å². The second kappa shape index (κ2) is 11.4. The van der Waals surface area contributed by atoms with Crippen LogP contribution in [0.1, 0.15) is 59.5 Å². The number of para-hydroxylation sites is 2. The number of rotatable bonds is 6. The van der Waals surface area contributed by atoms with Crippen LogP contribution in [0, 0.1) is 0 Å². The van der Waals surface area contributed by atoms with Crippen LogP contribution in [0.3, 0.4) is 0 Å². The van der Waals surface area contributed by atoms with Gasteiger partial charge in [-0.2, -0.15) is 0 Å². The van der Waals surface area contributed by atoms with Crippen LogP contribution in [-0.2, 0) is 22.4 Å². The number of carboxylic acids is 2. The second-order valence-electron chi connectivity index (χ2n) is 6.08. The number of hydrogen-bond donors (Lipinski definition) is 2. The molecule has 0 heterocycles. The largest absolute Gasteiger partial charge is 0.478 e. The second-order valence-corrected chi connectivity index (χ2v) is 6.08. The molecule has 0 aromatic heterocycles. The molecule has 2 N–H and O–H groups in total. The monoisotopic (exact) mass is 416 g/mol. The average Bonchev–Trinajstić information content (AvgIpc) is 2.67. The molecule has 8 nitrogen and oxygen atoms in total. The summed E-state index contributed by atoms with van der Waals surface area (Å²) in [5, 5.41) is 18.0. The van der Waals surface area contributed by atoms with Crippen LogP contribution in [-0.4, -0.2) is 34.1 Å². The molecule has 0 amide bonds. The van der Waals surface area contributed by atoms with E-state index in [0.29, 0.717) is 18.4 Å². The fourth-order valence-corrected chi connectivity index (χ4v) is 2.78. The summed E-state index contributed by atoms with van der Waals surface area (Å²) in [5.41, 5.74) is 1.30. The van der Waals surface area contributed by atoms with Crippen molar-refractivity contribution in [3.05, 3.63) is 58.7 Å². The molecule has 0 aliphatic carbocycles. The normalized spacial score (nSPS) is 9.73.